The molecule has 0 heterocycles. The SMILES string of the molecule is CCN[C@H](C)CNC(=O)CCC(=O)c1ccccc1.Cl. The molecule has 5 heteroatoms. The van der Waals surface area contributed by atoms with Crippen LogP contribution in [0.3, 0.4) is 0 Å². The van der Waals surface area contributed by atoms with Crippen molar-refractivity contribution in [2.75, 3.05) is 13.1 Å². The van der Waals surface area contributed by atoms with Gasteiger partial charge in [0, 0.05) is 31.0 Å². The Morgan fingerprint density at radius 2 is 1.80 bits per heavy atom. The number of ketones is 1. The van der Waals surface area contributed by atoms with Crippen LogP contribution in [0, 0.1) is 0 Å². The summed E-state index contributed by atoms with van der Waals surface area (Å²) in [5, 5.41) is 6.03. The van der Waals surface area contributed by atoms with Crippen molar-refractivity contribution in [3.63, 3.8) is 0 Å². The standard InChI is InChI=1S/C15H22N2O2.ClH/c1-3-16-12(2)11-17-15(19)10-9-14(18)13-7-5-4-6-8-13;/h4-8,12,16H,3,9-11H2,1-2H3,(H,17,19);1H/t12-;/m1./s1. The number of Topliss-reactive ketones (excluding diaryl/α,β-unsaturated/α-hetero) is 1. The lowest BCUT2D eigenvalue weighted by Gasteiger charge is -2.12. The van der Waals surface area contributed by atoms with Gasteiger partial charge in [0.1, 0.15) is 0 Å². The molecule has 1 atom stereocenters. The van der Waals surface area contributed by atoms with Crippen LogP contribution in [-0.4, -0.2) is 30.8 Å². The summed E-state index contributed by atoms with van der Waals surface area (Å²) < 4.78 is 0. The first-order valence-corrected chi connectivity index (χ1v) is 6.71. The summed E-state index contributed by atoms with van der Waals surface area (Å²) >= 11 is 0. The molecule has 0 spiro atoms. The van der Waals surface area contributed by atoms with Crippen LogP contribution in [0.2, 0.25) is 0 Å². The number of rotatable bonds is 8. The van der Waals surface area contributed by atoms with Gasteiger partial charge in [-0.3, -0.25) is 9.59 Å². The third-order valence-corrected chi connectivity index (χ3v) is 2.83. The van der Waals surface area contributed by atoms with E-state index in [1.807, 2.05) is 32.0 Å². The molecule has 0 aliphatic rings. The van der Waals surface area contributed by atoms with E-state index in [-0.39, 0.29) is 43.0 Å². The number of halogens is 1. The quantitative estimate of drug-likeness (QED) is 0.723. The van der Waals surface area contributed by atoms with Crippen molar-refractivity contribution in [1.82, 2.24) is 10.6 Å². The Morgan fingerprint density at radius 3 is 2.40 bits per heavy atom. The summed E-state index contributed by atoms with van der Waals surface area (Å²) in [6.07, 6.45) is 0.498. The smallest absolute Gasteiger partial charge is 0.220 e. The highest BCUT2D eigenvalue weighted by Crippen LogP contribution is 2.04. The average Bonchev–Trinajstić information content (AvgIpc) is 2.44. The van der Waals surface area contributed by atoms with Crippen LogP contribution in [0.1, 0.15) is 37.0 Å². The Hall–Kier alpha value is -1.39. The fourth-order valence-electron chi connectivity index (χ4n) is 1.77. The maximum Gasteiger partial charge on any atom is 0.220 e. The van der Waals surface area contributed by atoms with Crippen molar-refractivity contribution in [3.05, 3.63) is 35.9 Å². The predicted molar refractivity (Wildman–Crippen MR) is 83.4 cm³/mol. The second kappa shape index (κ2) is 10.4. The lowest BCUT2D eigenvalue weighted by atomic mass is 10.1. The van der Waals surface area contributed by atoms with Crippen molar-refractivity contribution in [1.29, 1.82) is 0 Å². The predicted octanol–water partition coefficient (Wildman–Crippen LogP) is 2.19. The molecule has 4 nitrogen and oxygen atoms in total. The number of amides is 1. The van der Waals surface area contributed by atoms with Gasteiger partial charge in [-0.25, -0.2) is 0 Å². The minimum absolute atomic E-state index is 0. The van der Waals surface area contributed by atoms with Gasteiger partial charge in [0.05, 0.1) is 0 Å². The fourth-order valence-corrected chi connectivity index (χ4v) is 1.77. The van der Waals surface area contributed by atoms with Gasteiger partial charge >= 0.3 is 0 Å². The summed E-state index contributed by atoms with van der Waals surface area (Å²) in [5.74, 6) is -0.0653. The van der Waals surface area contributed by atoms with Crippen LogP contribution < -0.4 is 10.6 Å². The summed E-state index contributed by atoms with van der Waals surface area (Å²) in [7, 11) is 0. The highest BCUT2D eigenvalue weighted by atomic mass is 35.5. The maximum atomic E-state index is 11.8. The minimum Gasteiger partial charge on any atom is -0.355 e. The number of nitrogens with one attached hydrogen (secondary N) is 2. The Kier molecular flexibility index (Phi) is 9.68. The largest absolute Gasteiger partial charge is 0.355 e. The minimum atomic E-state index is -0.0750. The normalized spacial score (nSPS) is 11.3. The van der Waals surface area contributed by atoms with Crippen LogP contribution in [0.25, 0.3) is 0 Å². The van der Waals surface area contributed by atoms with Crippen LogP contribution in [0.4, 0.5) is 0 Å². The topological polar surface area (TPSA) is 58.2 Å². The van der Waals surface area contributed by atoms with Crippen molar-refractivity contribution in [2.45, 2.75) is 32.7 Å². The van der Waals surface area contributed by atoms with Crippen molar-refractivity contribution >= 4 is 24.1 Å². The van der Waals surface area contributed by atoms with Gasteiger partial charge in [0.25, 0.3) is 0 Å². The number of likely N-dealkylation sites (N-methyl/N-ethyl adjacent to an activating group) is 1. The molecule has 2 N–H and O–H groups in total. The van der Waals surface area contributed by atoms with Crippen molar-refractivity contribution in [2.24, 2.45) is 0 Å². The lowest BCUT2D eigenvalue weighted by Crippen LogP contribution is -2.38. The van der Waals surface area contributed by atoms with E-state index in [4.69, 9.17) is 0 Å². The number of carbonyl (C=O) groups is 2. The van der Waals surface area contributed by atoms with Gasteiger partial charge in [-0.1, -0.05) is 37.3 Å². The number of carbonyl (C=O) groups excluding carboxylic acids is 2. The summed E-state index contributed by atoms with van der Waals surface area (Å²) in [4.78, 5) is 23.4. The molecule has 112 valence electrons. The zero-order chi connectivity index (χ0) is 14.1. The molecule has 0 saturated heterocycles. The third-order valence-electron chi connectivity index (χ3n) is 2.83. The van der Waals surface area contributed by atoms with Crippen LogP contribution >= 0.6 is 12.4 Å². The first kappa shape index (κ1) is 18.6. The highest BCUT2D eigenvalue weighted by Gasteiger charge is 2.09. The fraction of sp³-hybridized carbons (Fsp3) is 0.467. The second-order valence-corrected chi connectivity index (χ2v) is 4.55. The van der Waals surface area contributed by atoms with E-state index in [2.05, 4.69) is 10.6 Å². The maximum absolute atomic E-state index is 11.8. The van der Waals surface area contributed by atoms with Crippen LogP contribution in [0.5, 0.6) is 0 Å². The van der Waals surface area contributed by atoms with Crippen LogP contribution in [0.15, 0.2) is 30.3 Å². The molecule has 0 aliphatic heterocycles. The second-order valence-electron chi connectivity index (χ2n) is 4.55. The van der Waals surface area contributed by atoms with E-state index >= 15 is 0 Å². The highest BCUT2D eigenvalue weighted by molar-refractivity contribution is 5.97. The first-order valence-electron chi connectivity index (χ1n) is 6.71. The molecule has 0 bridgehead atoms. The molecular formula is C15H23ClN2O2. The zero-order valence-corrected chi connectivity index (χ0v) is 12.8. The van der Waals surface area contributed by atoms with Gasteiger partial charge in [-0.2, -0.15) is 0 Å². The molecule has 0 aromatic heterocycles. The molecule has 0 aliphatic carbocycles. The Balaban J connectivity index is 0.00000361. The van der Waals surface area contributed by atoms with E-state index in [9.17, 15) is 9.59 Å². The van der Waals surface area contributed by atoms with E-state index in [1.165, 1.54) is 0 Å². The molecule has 0 saturated carbocycles. The number of hydrogen-bond acceptors (Lipinski definition) is 3. The third kappa shape index (κ3) is 7.26. The van der Waals surface area contributed by atoms with Gasteiger partial charge in [0.2, 0.25) is 5.91 Å². The molecule has 0 fully saturated rings. The van der Waals surface area contributed by atoms with Gasteiger partial charge in [-0.05, 0) is 13.5 Å². The molecule has 0 radical (unpaired) electrons. The zero-order valence-electron chi connectivity index (χ0n) is 12.0. The van der Waals surface area contributed by atoms with E-state index in [0.29, 0.717) is 12.1 Å². The Labute approximate surface area is 126 Å². The molecule has 0 unspecified atom stereocenters. The van der Waals surface area contributed by atoms with E-state index < -0.39 is 0 Å². The summed E-state index contributed by atoms with van der Waals surface area (Å²) in [5.41, 5.74) is 0.663. The molecule has 1 aromatic rings. The van der Waals surface area contributed by atoms with E-state index in [0.717, 1.165) is 6.54 Å². The molecular weight excluding hydrogens is 276 g/mol. The summed E-state index contributed by atoms with van der Waals surface area (Å²) in [6.45, 7) is 5.51. The number of hydrogen-bond donors (Lipinski definition) is 2. The van der Waals surface area contributed by atoms with E-state index in [1.54, 1.807) is 12.1 Å². The molecule has 20 heavy (non-hydrogen) atoms. The lowest BCUT2D eigenvalue weighted by molar-refractivity contribution is -0.121. The average molecular weight is 299 g/mol. The molecule has 1 amide bonds. The van der Waals surface area contributed by atoms with Crippen molar-refractivity contribution in [3.8, 4) is 0 Å². The summed E-state index contributed by atoms with van der Waals surface area (Å²) in [6, 6.07) is 9.31. The Bertz CT molecular complexity index is 410. The van der Waals surface area contributed by atoms with Crippen LogP contribution in [-0.2, 0) is 4.79 Å². The Morgan fingerprint density at radius 1 is 1.15 bits per heavy atom. The van der Waals surface area contributed by atoms with Gasteiger partial charge < -0.3 is 10.6 Å². The van der Waals surface area contributed by atoms with Gasteiger partial charge in [0.15, 0.2) is 5.78 Å². The van der Waals surface area contributed by atoms with Crippen molar-refractivity contribution < 1.29 is 9.59 Å². The molecule has 1 rings (SSSR count). The first-order chi connectivity index (χ1) is 9.13. The number of benzene rings is 1. The molecule has 1 aromatic carbocycles. The monoisotopic (exact) mass is 298 g/mol. The van der Waals surface area contributed by atoms with Gasteiger partial charge in [-0.15, -0.1) is 12.4 Å².